The summed E-state index contributed by atoms with van der Waals surface area (Å²) in [4.78, 5) is 16.2. The second-order valence-electron chi connectivity index (χ2n) is 5.95. The van der Waals surface area contributed by atoms with Crippen molar-refractivity contribution >= 4 is 17.4 Å². The third-order valence-corrected chi connectivity index (χ3v) is 3.86. The highest BCUT2D eigenvalue weighted by Crippen LogP contribution is 2.18. The lowest BCUT2D eigenvalue weighted by atomic mass is 10.1. The number of hydrogen-bond donors (Lipinski definition) is 2. The van der Waals surface area contributed by atoms with Gasteiger partial charge >= 0.3 is 0 Å². The molecule has 0 bridgehead atoms. The largest absolute Gasteiger partial charge is 0.366 e. The Morgan fingerprint density at radius 3 is 2.56 bits per heavy atom. The van der Waals surface area contributed by atoms with Gasteiger partial charge in [0.1, 0.15) is 5.82 Å². The van der Waals surface area contributed by atoms with E-state index in [-0.39, 0.29) is 0 Å². The van der Waals surface area contributed by atoms with Gasteiger partial charge in [-0.15, -0.1) is 0 Å². The van der Waals surface area contributed by atoms with E-state index in [1.165, 1.54) is 6.20 Å². The molecular formula is C20H16F3N3O. The molecule has 0 unspecified atom stereocenters. The fourth-order valence-electron chi connectivity index (χ4n) is 2.49. The van der Waals surface area contributed by atoms with Crippen molar-refractivity contribution < 1.29 is 18.0 Å². The van der Waals surface area contributed by atoms with Crippen LogP contribution in [0.5, 0.6) is 0 Å². The molecule has 138 valence electrons. The maximum absolute atomic E-state index is 13.7. The average Bonchev–Trinajstić information content (AvgIpc) is 2.65. The van der Waals surface area contributed by atoms with E-state index in [0.29, 0.717) is 24.1 Å². The Hall–Kier alpha value is -3.35. The zero-order chi connectivity index (χ0) is 19.4. The first-order valence-electron chi connectivity index (χ1n) is 8.14. The Morgan fingerprint density at radius 2 is 1.85 bits per heavy atom. The summed E-state index contributed by atoms with van der Waals surface area (Å²) in [6.07, 6.45) is 1.38. The van der Waals surface area contributed by atoms with Crippen LogP contribution in [0.1, 0.15) is 21.5 Å². The minimum Gasteiger partial charge on any atom is -0.366 e. The molecule has 1 heterocycles. The highest BCUT2D eigenvalue weighted by molar-refractivity contribution is 6.04. The van der Waals surface area contributed by atoms with E-state index in [9.17, 15) is 18.0 Å². The van der Waals surface area contributed by atoms with E-state index in [4.69, 9.17) is 0 Å². The Morgan fingerprint density at radius 1 is 1.04 bits per heavy atom. The molecule has 1 aromatic heterocycles. The van der Waals surface area contributed by atoms with Crippen molar-refractivity contribution in [3.63, 3.8) is 0 Å². The third kappa shape index (κ3) is 4.44. The van der Waals surface area contributed by atoms with E-state index in [1.807, 2.05) is 25.1 Å². The summed E-state index contributed by atoms with van der Waals surface area (Å²) in [5.74, 6) is -4.87. The second kappa shape index (κ2) is 7.90. The van der Waals surface area contributed by atoms with Gasteiger partial charge in [-0.05, 0) is 36.8 Å². The van der Waals surface area contributed by atoms with Gasteiger partial charge in [0.25, 0.3) is 5.91 Å². The fourth-order valence-corrected chi connectivity index (χ4v) is 2.49. The van der Waals surface area contributed by atoms with Crippen LogP contribution in [0.25, 0.3) is 0 Å². The van der Waals surface area contributed by atoms with Crippen LogP contribution in [-0.2, 0) is 6.54 Å². The molecule has 2 aromatic carbocycles. The van der Waals surface area contributed by atoms with Crippen LogP contribution < -0.4 is 10.6 Å². The number of carbonyl (C=O) groups is 1. The highest BCUT2D eigenvalue weighted by Gasteiger charge is 2.18. The number of benzene rings is 2. The van der Waals surface area contributed by atoms with Gasteiger partial charge in [0.15, 0.2) is 17.5 Å². The van der Waals surface area contributed by atoms with Crippen molar-refractivity contribution in [3.05, 3.63) is 88.9 Å². The zero-order valence-electron chi connectivity index (χ0n) is 14.4. The SMILES string of the molecule is Cc1cccc(CNc2ccc(NC(=O)c3ccc(F)c(F)c3F)cn2)c1. The highest BCUT2D eigenvalue weighted by atomic mass is 19.2. The van der Waals surface area contributed by atoms with E-state index in [2.05, 4.69) is 21.7 Å². The van der Waals surface area contributed by atoms with Crippen LogP contribution in [0.3, 0.4) is 0 Å². The lowest BCUT2D eigenvalue weighted by Crippen LogP contribution is -2.15. The molecule has 0 fully saturated rings. The normalized spacial score (nSPS) is 10.5. The van der Waals surface area contributed by atoms with Crippen LogP contribution in [-0.4, -0.2) is 10.9 Å². The van der Waals surface area contributed by atoms with Crippen molar-refractivity contribution in [2.45, 2.75) is 13.5 Å². The number of nitrogens with one attached hydrogen (secondary N) is 2. The summed E-state index contributed by atoms with van der Waals surface area (Å²) < 4.78 is 39.9. The van der Waals surface area contributed by atoms with Crippen LogP contribution in [0.2, 0.25) is 0 Å². The van der Waals surface area contributed by atoms with Gasteiger partial charge in [-0.2, -0.15) is 0 Å². The van der Waals surface area contributed by atoms with Crippen molar-refractivity contribution in [3.8, 4) is 0 Å². The first-order valence-corrected chi connectivity index (χ1v) is 8.14. The lowest BCUT2D eigenvalue weighted by molar-refractivity contribution is 0.102. The summed E-state index contributed by atoms with van der Waals surface area (Å²) >= 11 is 0. The fraction of sp³-hybridized carbons (Fsp3) is 0.100. The van der Waals surface area contributed by atoms with Gasteiger partial charge in [0.05, 0.1) is 17.4 Å². The summed E-state index contributed by atoms with van der Waals surface area (Å²) in [7, 11) is 0. The molecular weight excluding hydrogens is 355 g/mol. The van der Waals surface area contributed by atoms with Crippen LogP contribution >= 0.6 is 0 Å². The van der Waals surface area contributed by atoms with Crippen LogP contribution in [0.15, 0.2) is 54.7 Å². The van der Waals surface area contributed by atoms with Gasteiger partial charge in [-0.1, -0.05) is 29.8 Å². The van der Waals surface area contributed by atoms with E-state index >= 15 is 0 Å². The number of carbonyl (C=O) groups excluding carboxylic acids is 1. The molecule has 0 aliphatic rings. The van der Waals surface area contributed by atoms with Gasteiger partial charge in [0, 0.05) is 6.54 Å². The minimum atomic E-state index is -1.68. The Balaban J connectivity index is 1.64. The van der Waals surface area contributed by atoms with Gasteiger partial charge in [-0.25, -0.2) is 18.2 Å². The van der Waals surface area contributed by atoms with Crippen LogP contribution in [0.4, 0.5) is 24.7 Å². The number of halogens is 3. The van der Waals surface area contributed by atoms with Crippen molar-refractivity contribution in [2.24, 2.45) is 0 Å². The standard InChI is InChI=1S/C20H16F3N3O/c1-12-3-2-4-13(9-12)10-24-17-8-5-14(11-25-17)26-20(27)15-6-7-16(21)19(23)18(15)22/h2-9,11H,10H2,1H3,(H,24,25)(H,26,27). The predicted octanol–water partition coefficient (Wildman–Crippen LogP) is 4.67. The Kier molecular flexibility index (Phi) is 5.40. The van der Waals surface area contributed by atoms with Crippen LogP contribution in [0, 0.1) is 24.4 Å². The third-order valence-electron chi connectivity index (χ3n) is 3.86. The second-order valence-corrected chi connectivity index (χ2v) is 5.95. The number of aromatic nitrogens is 1. The number of nitrogens with zero attached hydrogens (tertiary/aromatic N) is 1. The molecule has 7 heteroatoms. The van der Waals surface area contributed by atoms with Gasteiger partial charge in [0.2, 0.25) is 0 Å². The molecule has 2 N–H and O–H groups in total. The Labute approximate surface area is 154 Å². The first-order chi connectivity index (χ1) is 12.9. The molecule has 3 aromatic rings. The zero-order valence-corrected chi connectivity index (χ0v) is 14.4. The molecule has 0 radical (unpaired) electrons. The molecule has 27 heavy (non-hydrogen) atoms. The minimum absolute atomic E-state index is 0.297. The van der Waals surface area contributed by atoms with E-state index in [0.717, 1.165) is 17.2 Å². The molecule has 0 spiro atoms. The maximum atomic E-state index is 13.7. The topological polar surface area (TPSA) is 54.0 Å². The number of pyridine rings is 1. The number of aryl methyl sites for hydroxylation is 1. The molecule has 0 aliphatic heterocycles. The molecule has 0 saturated heterocycles. The molecule has 3 rings (SSSR count). The number of rotatable bonds is 5. The van der Waals surface area contributed by atoms with E-state index < -0.39 is 28.9 Å². The van der Waals surface area contributed by atoms with Crippen molar-refractivity contribution in [1.82, 2.24) is 4.98 Å². The smallest absolute Gasteiger partial charge is 0.258 e. The number of amides is 1. The lowest BCUT2D eigenvalue weighted by Gasteiger charge is -2.09. The molecule has 0 saturated carbocycles. The summed E-state index contributed by atoms with van der Waals surface area (Å²) in [6, 6.07) is 12.8. The summed E-state index contributed by atoms with van der Waals surface area (Å²) in [5, 5.41) is 5.54. The molecule has 1 amide bonds. The van der Waals surface area contributed by atoms with E-state index in [1.54, 1.807) is 12.1 Å². The van der Waals surface area contributed by atoms with Crippen molar-refractivity contribution in [1.29, 1.82) is 0 Å². The predicted molar refractivity (Wildman–Crippen MR) is 97.0 cm³/mol. The molecule has 4 nitrogen and oxygen atoms in total. The monoisotopic (exact) mass is 371 g/mol. The van der Waals surface area contributed by atoms with Gasteiger partial charge in [-0.3, -0.25) is 4.79 Å². The first kappa shape index (κ1) is 18.4. The Bertz CT molecular complexity index is 975. The summed E-state index contributed by atoms with van der Waals surface area (Å²) in [5.41, 5.74) is 1.97. The molecule has 0 aliphatic carbocycles. The van der Waals surface area contributed by atoms with Gasteiger partial charge < -0.3 is 10.6 Å². The molecule has 0 atom stereocenters. The number of anilines is 2. The summed E-state index contributed by atoms with van der Waals surface area (Å²) in [6.45, 7) is 2.59. The van der Waals surface area contributed by atoms with Crippen molar-refractivity contribution in [2.75, 3.05) is 10.6 Å². The number of hydrogen-bond acceptors (Lipinski definition) is 3. The quantitative estimate of drug-likeness (QED) is 0.641. The maximum Gasteiger partial charge on any atom is 0.258 e. The average molecular weight is 371 g/mol.